The molecule has 0 saturated carbocycles. The second-order valence-corrected chi connectivity index (χ2v) is 4.65. The largest absolute Gasteiger partial charge is 0.446 e. The predicted molar refractivity (Wildman–Crippen MR) is 54.3 cm³/mol. The Balaban J connectivity index is 2.41. The number of terminal acetylenes is 1. The first kappa shape index (κ1) is 11.1. The fourth-order valence-electron chi connectivity index (χ4n) is 1.22. The molecule has 0 aromatic carbocycles. The number of carbonyl (C=O) groups excluding carboxylic acids is 1. The van der Waals surface area contributed by atoms with Gasteiger partial charge in [-0.25, -0.2) is 0 Å². The van der Waals surface area contributed by atoms with Crippen LogP contribution in [0, 0.1) is 23.7 Å². The number of esters is 1. The van der Waals surface area contributed by atoms with Crippen LogP contribution in [-0.4, -0.2) is 18.7 Å². The summed E-state index contributed by atoms with van der Waals surface area (Å²) in [5.74, 6) is 2.65. The molecule has 1 saturated heterocycles. The molecule has 1 N–H and O–H groups in total. The Bertz CT molecular complexity index is 259. The molecule has 1 aliphatic heterocycles. The first-order valence-electron chi connectivity index (χ1n) is 4.84. The van der Waals surface area contributed by atoms with Crippen LogP contribution in [0.25, 0.3) is 0 Å². The van der Waals surface area contributed by atoms with Crippen molar-refractivity contribution in [3.63, 3.8) is 0 Å². The Labute approximate surface area is 85.2 Å². The number of hydrogen-bond acceptors (Lipinski definition) is 3. The van der Waals surface area contributed by atoms with Crippen molar-refractivity contribution in [2.24, 2.45) is 11.3 Å². The molecule has 1 heterocycles. The van der Waals surface area contributed by atoms with Crippen LogP contribution in [0.3, 0.4) is 0 Å². The van der Waals surface area contributed by atoms with Gasteiger partial charge in [0.1, 0.15) is 0 Å². The van der Waals surface area contributed by atoms with E-state index in [1.165, 1.54) is 0 Å². The number of ether oxygens (including phenoxy) is 1. The average molecular weight is 195 g/mol. The predicted octanol–water partition coefficient (Wildman–Crippen LogP) is 1.14. The molecule has 1 fully saturated rings. The lowest BCUT2D eigenvalue weighted by Gasteiger charge is -2.20. The molecule has 78 valence electrons. The molecule has 14 heavy (non-hydrogen) atoms. The minimum atomic E-state index is -0.449. The van der Waals surface area contributed by atoms with Crippen LogP contribution in [0.2, 0.25) is 0 Å². The van der Waals surface area contributed by atoms with Crippen LogP contribution >= 0.6 is 0 Å². The van der Waals surface area contributed by atoms with Gasteiger partial charge in [-0.1, -0.05) is 0 Å². The quantitative estimate of drug-likeness (QED) is 0.504. The second kappa shape index (κ2) is 4.02. The molecule has 2 atom stereocenters. The van der Waals surface area contributed by atoms with Gasteiger partial charge in [0.25, 0.3) is 0 Å². The molecule has 0 radical (unpaired) electrons. The molecule has 3 heteroatoms. The van der Waals surface area contributed by atoms with Gasteiger partial charge in [-0.2, -0.15) is 0 Å². The van der Waals surface area contributed by atoms with E-state index in [1.807, 2.05) is 20.8 Å². The summed E-state index contributed by atoms with van der Waals surface area (Å²) in [7, 11) is 0. The Morgan fingerprint density at radius 1 is 1.57 bits per heavy atom. The van der Waals surface area contributed by atoms with Crippen LogP contribution in [0.5, 0.6) is 0 Å². The third-order valence-corrected chi connectivity index (χ3v) is 2.19. The van der Waals surface area contributed by atoms with Gasteiger partial charge < -0.3 is 4.74 Å². The molecule has 0 spiro atoms. The van der Waals surface area contributed by atoms with Crippen LogP contribution in [0.4, 0.5) is 0 Å². The smallest absolute Gasteiger partial charge is 0.312 e. The number of nitrogens with one attached hydrogen (secondary N) is 1. The molecule has 0 amide bonds. The van der Waals surface area contributed by atoms with Crippen molar-refractivity contribution in [3.05, 3.63) is 0 Å². The molecule has 0 bridgehead atoms. The van der Waals surface area contributed by atoms with E-state index < -0.39 is 5.41 Å². The van der Waals surface area contributed by atoms with Crippen molar-refractivity contribution in [1.82, 2.24) is 5.32 Å². The maximum atomic E-state index is 11.5. The van der Waals surface area contributed by atoms with E-state index in [1.54, 1.807) is 0 Å². The van der Waals surface area contributed by atoms with Crippen LogP contribution < -0.4 is 5.32 Å². The monoisotopic (exact) mass is 195 g/mol. The first-order chi connectivity index (χ1) is 6.43. The minimum absolute atomic E-state index is 0.187. The minimum Gasteiger partial charge on any atom is -0.446 e. The fourth-order valence-corrected chi connectivity index (χ4v) is 1.22. The lowest BCUT2D eigenvalue weighted by atomic mass is 9.97. The molecular formula is C11H17NO2. The van der Waals surface area contributed by atoms with Gasteiger partial charge in [-0.15, -0.1) is 12.3 Å². The highest BCUT2D eigenvalue weighted by molar-refractivity contribution is 5.75. The molecule has 1 rings (SSSR count). The van der Waals surface area contributed by atoms with E-state index >= 15 is 0 Å². The van der Waals surface area contributed by atoms with Crippen molar-refractivity contribution < 1.29 is 9.53 Å². The third-order valence-electron chi connectivity index (χ3n) is 2.19. The first-order valence-corrected chi connectivity index (χ1v) is 4.84. The van der Waals surface area contributed by atoms with Crippen molar-refractivity contribution in [2.75, 3.05) is 6.54 Å². The molecule has 3 nitrogen and oxygen atoms in total. The summed E-state index contributed by atoms with van der Waals surface area (Å²) >= 11 is 0. The van der Waals surface area contributed by atoms with E-state index in [-0.39, 0.29) is 18.1 Å². The van der Waals surface area contributed by atoms with Crippen LogP contribution in [0.15, 0.2) is 0 Å². The molecule has 2 unspecified atom stereocenters. The zero-order valence-electron chi connectivity index (χ0n) is 8.96. The van der Waals surface area contributed by atoms with Gasteiger partial charge >= 0.3 is 5.97 Å². The standard InChI is InChI=1S/C11H17NO2/c1-5-8-6-9(12-7-8)14-10(13)11(2,3)4/h1,8-9,12H,6-7H2,2-4H3. The normalized spacial score (nSPS) is 27.0. The average Bonchev–Trinajstić information content (AvgIpc) is 2.50. The second-order valence-electron chi connectivity index (χ2n) is 4.65. The maximum Gasteiger partial charge on any atom is 0.312 e. The fraction of sp³-hybridized carbons (Fsp3) is 0.727. The zero-order valence-corrected chi connectivity index (χ0v) is 8.96. The molecule has 0 aromatic rings. The van der Waals surface area contributed by atoms with Crippen molar-refractivity contribution in [2.45, 2.75) is 33.4 Å². The van der Waals surface area contributed by atoms with E-state index in [9.17, 15) is 4.79 Å². The zero-order chi connectivity index (χ0) is 10.8. The summed E-state index contributed by atoms with van der Waals surface area (Å²) in [6.07, 6.45) is 5.80. The lowest BCUT2D eigenvalue weighted by molar-refractivity contribution is -0.159. The van der Waals surface area contributed by atoms with Crippen molar-refractivity contribution >= 4 is 5.97 Å². The SMILES string of the molecule is C#CC1CNC(OC(=O)C(C)(C)C)C1. The van der Waals surface area contributed by atoms with E-state index in [0.717, 1.165) is 13.0 Å². The summed E-state index contributed by atoms with van der Waals surface area (Å²) in [6.45, 7) is 6.24. The summed E-state index contributed by atoms with van der Waals surface area (Å²) < 4.78 is 5.26. The topological polar surface area (TPSA) is 38.3 Å². The molecule has 1 aliphatic rings. The van der Waals surface area contributed by atoms with E-state index in [0.29, 0.717) is 0 Å². The summed E-state index contributed by atoms with van der Waals surface area (Å²) in [5, 5.41) is 3.08. The van der Waals surface area contributed by atoms with Gasteiger partial charge in [0, 0.05) is 18.9 Å². The molecule has 0 aromatic heterocycles. The third kappa shape index (κ3) is 2.74. The van der Waals surface area contributed by atoms with Gasteiger partial charge in [-0.05, 0) is 20.8 Å². The Kier molecular flexibility index (Phi) is 3.17. The van der Waals surface area contributed by atoms with Gasteiger partial charge in [0.2, 0.25) is 0 Å². The van der Waals surface area contributed by atoms with Crippen LogP contribution in [-0.2, 0) is 9.53 Å². The Morgan fingerprint density at radius 2 is 2.21 bits per heavy atom. The highest BCUT2D eigenvalue weighted by atomic mass is 16.6. The maximum absolute atomic E-state index is 11.5. The van der Waals surface area contributed by atoms with Crippen LogP contribution in [0.1, 0.15) is 27.2 Å². The molecular weight excluding hydrogens is 178 g/mol. The summed E-state index contributed by atoms with van der Waals surface area (Å²) in [6, 6.07) is 0. The molecule has 0 aliphatic carbocycles. The number of hydrogen-bond donors (Lipinski definition) is 1. The van der Waals surface area contributed by atoms with E-state index in [4.69, 9.17) is 11.2 Å². The van der Waals surface area contributed by atoms with Crippen molar-refractivity contribution in [3.8, 4) is 12.3 Å². The Morgan fingerprint density at radius 3 is 2.64 bits per heavy atom. The lowest BCUT2D eigenvalue weighted by Crippen LogP contribution is -2.33. The number of carbonyl (C=O) groups is 1. The van der Waals surface area contributed by atoms with Gasteiger partial charge in [-0.3, -0.25) is 10.1 Å². The highest BCUT2D eigenvalue weighted by Gasteiger charge is 2.30. The summed E-state index contributed by atoms with van der Waals surface area (Å²) in [5.41, 5.74) is -0.449. The van der Waals surface area contributed by atoms with Gasteiger partial charge in [0.05, 0.1) is 5.41 Å². The van der Waals surface area contributed by atoms with Crippen molar-refractivity contribution in [1.29, 1.82) is 0 Å². The number of rotatable bonds is 1. The van der Waals surface area contributed by atoms with Gasteiger partial charge in [0.15, 0.2) is 6.23 Å². The highest BCUT2D eigenvalue weighted by Crippen LogP contribution is 2.20. The summed E-state index contributed by atoms with van der Waals surface area (Å²) in [4.78, 5) is 11.5. The Hall–Kier alpha value is -1.01. The van der Waals surface area contributed by atoms with E-state index in [2.05, 4.69) is 11.2 Å².